The number of aliphatic hydroxyl groups is 4. The second kappa shape index (κ2) is 4.96. The van der Waals surface area contributed by atoms with Gasteiger partial charge in [-0.1, -0.05) is 0 Å². The summed E-state index contributed by atoms with van der Waals surface area (Å²) in [6.45, 7) is 0.630. The van der Waals surface area contributed by atoms with E-state index in [0.717, 1.165) is 0 Å². The molecule has 1 fully saturated rings. The maximum Gasteiger partial charge on any atom is 0.131 e. The van der Waals surface area contributed by atoms with Crippen LogP contribution in [0.1, 0.15) is 0 Å². The molecule has 6 N–H and O–H groups in total. The first-order valence-corrected chi connectivity index (χ1v) is 3.67. The van der Waals surface area contributed by atoms with E-state index in [9.17, 15) is 0 Å². The molecule has 74 valence electrons. The minimum Gasteiger partial charge on any atom is -1.00 e. The van der Waals surface area contributed by atoms with Crippen molar-refractivity contribution in [2.45, 2.75) is 24.4 Å². The molecule has 0 radical (unpaired) electrons. The van der Waals surface area contributed by atoms with Gasteiger partial charge < -0.3 is 38.1 Å². The molecule has 0 aliphatic carbocycles. The van der Waals surface area contributed by atoms with E-state index in [1.807, 2.05) is 0 Å². The van der Waals surface area contributed by atoms with Crippen LogP contribution in [-0.2, 0) is 0 Å². The van der Waals surface area contributed by atoms with E-state index in [4.69, 9.17) is 20.4 Å². The van der Waals surface area contributed by atoms with Crippen LogP contribution >= 0.6 is 0 Å². The standard InChI is InChI=1S/C6H13NO4.ClH/c8-3-1-7-2-4(9)6(11)5(3)10;/h3-11H,1-2H2;1H/t3-,4+,5-,6-;/m1./s1. The molecule has 0 aromatic carbocycles. The van der Waals surface area contributed by atoms with Crippen molar-refractivity contribution in [2.75, 3.05) is 13.1 Å². The molecule has 0 saturated carbocycles. The van der Waals surface area contributed by atoms with Crippen molar-refractivity contribution in [3.05, 3.63) is 0 Å². The first-order valence-electron chi connectivity index (χ1n) is 3.67. The fourth-order valence-corrected chi connectivity index (χ4v) is 1.17. The second-order valence-corrected chi connectivity index (χ2v) is 2.88. The Balaban J connectivity index is 0.00000121. The van der Waals surface area contributed by atoms with Crippen molar-refractivity contribution in [2.24, 2.45) is 0 Å². The lowest BCUT2D eigenvalue weighted by Gasteiger charge is -2.19. The number of nitrogens with two attached hydrogens (primary N) is 1. The summed E-state index contributed by atoms with van der Waals surface area (Å²) in [6.07, 6.45) is -4.38. The molecule has 0 aromatic rings. The van der Waals surface area contributed by atoms with Gasteiger partial charge in [0.2, 0.25) is 0 Å². The Morgan fingerprint density at radius 1 is 0.833 bits per heavy atom. The Hall–Kier alpha value is 0.0900. The van der Waals surface area contributed by atoms with Gasteiger partial charge in [-0.3, -0.25) is 0 Å². The maximum absolute atomic E-state index is 9.12. The molecule has 5 nitrogen and oxygen atoms in total. The van der Waals surface area contributed by atoms with Gasteiger partial charge in [-0.05, 0) is 0 Å². The Labute approximate surface area is 76.4 Å². The zero-order valence-corrected chi connectivity index (χ0v) is 7.22. The van der Waals surface area contributed by atoms with Crippen LogP contribution < -0.4 is 17.7 Å². The molecule has 1 rings (SSSR count). The third kappa shape index (κ3) is 2.55. The van der Waals surface area contributed by atoms with Crippen LogP contribution in [0.15, 0.2) is 0 Å². The van der Waals surface area contributed by atoms with Crippen molar-refractivity contribution in [3.63, 3.8) is 0 Å². The zero-order chi connectivity index (χ0) is 8.43. The van der Waals surface area contributed by atoms with Crippen molar-refractivity contribution in [1.82, 2.24) is 0 Å². The fourth-order valence-electron chi connectivity index (χ4n) is 1.17. The molecular formula is C6H14ClNO4. The third-order valence-electron chi connectivity index (χ3n) is 1.95. The van der Waals surface area contributed by atoms with Crippen molar-refractivity contribution in [3.8, 4) is 0 Å². The molecular weight excluding hydrogens is 186 g/mol. The van der Waals surface area contributed by atoms with E-state index < -0.39 is 24.4 Å². The van der Waals surface area contributed by atoms with Gasteiger partial charge in [0.05, 0.1) is 0 Å². The molecule has 12 heavy (non-hydrogen) atoms. The van der Waals surface area contributed by atoms with Crippen molar-refractivity contribution in [1.29, 1.82) is 0 Å². The second-order valence-electron chi connectivity index (χ2n) is 2.88. The maximum atomic E-state index is 9.12. The molecule has 0 spiro atoms. The molecule has 4 atom stereocenters. The van der Waals surface area contributed by atoms with Crippen LogP contribution in [0.3, 0.4) is 0 Å². The number of halogens is 1. The van der Waals surface area contributed by atoms with Gasteiger partial charge >= 0.3 is 0 Å². The van der Waals surface area contributed by atoms with Gasteiger partial charge in [0.15, 0.2) is 0 Å². The lowest BCUT2D eigenvalue weighted by molar-refractivity contribution is -0.664. The van der Waals surface area contributed by atoms with Gasteiger partial charge in [-0.2, -0.15) is 0 Å². The Morgan fingerprint density at radius 2 is 1.17 bits per heavy atom. The van der Waals surface area contributed by atoms with Crippen molar-refractivity contribution < 1.29 is 38.1 Å². The smallest absolute Gasteiger partial charge is 0.131 e. The number of rotatable bonds is 0. The number of hydrogen-bond donors (Lipinski definition) is 5. The van der Waals surface area contributed by atoms with Gasteiger partial charge in [-0.15, -0.1) is 0 Å². The predicted octanol–water partition coefficient (Wildman–Crippen LogP) is -6.99. The summed E-state index contributed by atoms with van der Waals surface area (Å²) in [7, 11) is 0. The third-order valence-corrected chi connectivity index (χ3v) is 1.95. The zero-order valence-electron chi connectivity index (χ0n) is 6.47. The Bertz CT molecular complexity index is 123. The first-order chi connectivity index (χ1) is 5.13. The highest BCUT2D eigenvalue weighted by atomic mass is 35.5. The number of aliphatic hydroxyl groups excluding tert-OH is 4. The summed E-state index contributed by atoms with van der Waals surface area (Å²) < 4.78 is 0. The van der Waals surface area contributed by atoms with Crippen LogP contribution in [0.2, 0.25) is 0 Å². The summed E-state index contributed by atoms with van der Waals surface area (Å²) in [6, 6.07) is 0. The van der Waals surface area contributed by atoms with Crippen LogP contribution in [0, 0.1) is 0 Å². The topological polar surface area (TPSA) is 97.5 Å². The highest BCUT2D eigenvalue weighted by Gasteiger charge is 2.34. The van der Waals surface area contributed by atoms with Gasteiger partial charge in [-0.25, -0.2) is 0 Å². The highest BCUT2D eigenvalue weighted by molar-refractivity contribution is 4.81. The van der Waals surface area contributed by atoms with Crippen LogP contribution in [0.25, 0.3) is 0 Å². The molecule has 0 bridgehead atoms. The average Bonchev–Trinajstić information content (AvgIpc) is 2.07. The Kier molecular flexibility index (Phi) is 5.00. The predicted molar refractivity (Wildman–Crippen MR) is 35.7 cm³/mol. The van der Waals surface area contributed by atoms with E-state index in [2.05, 4.69) is 0 Å². The quantitative estimate of drug-likeness (QED) is 0.268. The molecule has 1 saturated heterocycles. The molecule has 0 unspecified atom stereocenters. The van der Waals surface area contributed by atoms with Crippen LogP contribution in [0.4, 0.5) is 0 Å². The summed E-state index contributed by atoms with van der Waals surface area (Å²) >= 11 is 0. The summed E-state index contributed by atoms with van der Waals surface area (Å²) in [5.74, 6) is 0. The highest BCUT2D eigenvalue weighted by Crippen LogP contribution is 2.04. The van der Waals surface area contributed by atoms with Gasteiger partial charge in [0.1, 0.15) is 37.5 Å². The lowest BCUT2D eigenvalue weighted by atomic mass is 10.1. The largest absolute Gasteiger partial charge is 1.00 e. The van der Waals surface area contributed by atoms with E-state index in [0.29, 0.717) is 13.1 Å². The normalized spacial score (nSPS) is 43.0. The minimum absolute atomic E-state index is 0. The van der Waals surface area contributed by atoms with Gasteiger partial charge in [0.25, 0.3) is 0 Å². The monoisotopic (exact) mass is 199 g/mol. The molecule has 1 aliphatic heterocycles. The Morgan fingerprint density at radius 3 is 1.50 bits per heavy atom. The SMILES string of the molecule is O[C@H]1[C@H](O)[C@@H](O)C[NH2+]C[C@H]1O.[Cl-]. The molecule has 1 aliphatic rings. The van der Waals surface area contributed by atoms with Crippen LogP contribution in [0.5, 0.6) is 0 Å². The van der Waals surface area contributed by atoms with E-state index in [1.54, 1.807) is 5.32 Å². The lowest BCUT2D eigenvalue weighted by Crippen LogP contribution is -3.00. The summed E-state index contributed by atoms with van der Waals surface area (Å²) in [4.78, 5) is 0. The van der Waals surface area contributed by atoms with E-state index in [-0.39, 0.29) is 12.4 Å². The molecule has 0 amide bonds. The van der Waals surface area contributed by atoms with Gasteiger partial charge in [0, 0.05) is 0 Å². The summed E-state index contributed by atoms with van der Waals surface area (Å²) in [5.41, 5.74) is 0. The fraction of sp³-hybridized carbons (Fsp3) is 1.00. The number of hydrogen-bond acceptors (Lipinski definition) is 4. The van der Waals surface area contributed by atoms with Crippen molar-refractivity contribution >= 4 is 0 Å². The summed E-state index contributed by atoms with van der Waals surface area (Å²) in [5, 5.41) is 38.1. The van der Waals surface area contributed by atoms with E-state index in [1.165, 1.54) is 0 Å². The number of quaternary nitrogens is 1. The van der Waals surface area contributed by atoms with E-state index >= 15 is 0 Å². The van der Waals surface area contributed by atoms with Crippen LogP contribution in [-0.4, -0.2) is 57.9 Å². The molecule has 1 heterocycles. The molecule has 6 heteroatoms. The first kappa shape index (κ1) is 12.1. The average molecular weight is 200 g/mol. The minimum atomic E-state index is -1.23. The molecule has 0 aromatic heterocycles.